The number of rotatable bonds is 7. The largest absolute Gasteiger partial charge is 0.378 e. The highest BCUT2D eigenvalue weighted by molar-refractivity contribution is 8.00. The van der Waals surface area contributed by atoms with E-state index < -0.39 is 5.91 Å². The number of pyridine rings is 1. The lowest BCUT2D eigenvalue weighted by Gasteiger charge is -2.29. The number of nitrogens with zero attached hydrogens (tertiary/aromatic N) is 2. The number of urea groups is 1. The first-order chi connectivity index (χ1) is 13.6. The van der Waals surface area contributed by atoms with E-state index in [-0.39, 0.29) is 11.8 Å². The molecule has 0 bridgehead atoms. The quantitative estimate of drug-likeness (QED) is 0.611. The van der Waals surface area contributed by atoms with Crippen LogP contribution in [0.4, 0.5) is 16.3 Å². The van der Waals surface area contributed by atoms with Crippen molar-refractivity contribution < 1.29 is 14.3 Å². The van der Waals surface area contributed by atoms with Crippen molar-refractivity contribution >= 4 is 35.2 Å². The summed E-state index contributed by atoms with van der Waals surface area (Å²) in [6, 6.07) is 10.8. The van der Waals surface area contributed by atoms with Gasteiger partial charge in [0.25, 0.3) is 0 Å². The summed E-state index contributed by atoms with van der Waals surface area (Å²) in [6.07, 6.45) is 1.75. The summed E-state index contributed by atoms with van der Waals surface area (Å²) in [5.74, 6) is 0.610. The standard InChI is InChI=1S/C19H23N5O3S/c20-17(25)13-28-16-6-2-1-5-15(16)23-19(26)22-12-14-4-3-7-21-18(14)24-8-10-27-11-9-24/h1-7H,8-13H2,(H2,20,25)(H2,22,23,26). The third-order valence-electron chi connectivity index (χ3n) is 4.12. The number of carbonyl (C=O) groups is 2. The summed E-state index contributed by atoms with van der Waals surface area (Å²) < 4.78 is 5.39. The first kappa shape index (κ1) is 20.0. The Labute approximate surface area is 167 Å². The van der Waals surface area contributed by atoms with E-state index in [0.717, 1.165) is 29.4 Å². The number of amides is 3. The van der Waals surface area contributed by atoms with E-state index in [1.54, 1.807) is 12.3 Å². The van der Waals surface area contributed by atoms with Crippen LogP contribution in [0.2, 0.25) is 0 Å². The Morgan fingerprint density at radius 2 is 1.96 bits per heavy atom. The monoisotopic (exact) mass is 401 g/mol. The van der Waals surface area contributed by atoms with Gasteiger partial charge in [-0.3, -0.25) is 4.79 Å². The molecule has 0 atom stereocenters. The van der Waals surface area contributed by atoms with Crippen molar-refractivity contribution in [2.45, 2.75) is 11.4 Å². The molecule has 4 N–H and O–H groups in total. The van der Waals surface area contributed by atoms with Gasteiger partial charge in [-0.2, -0.15) is 0 Å². The molecule has 1 aromatic heterocycles. The van der Waals surface area contributed by atoms with Crippen LogP contribution in [0.15, 0.2) is 47.5 Å². The van der Waals surface area contributed by atoms with Gasteiger partial charge in [0.15, 0.2) is 0 Å². The minimum atomic E-state index is -0.406. The zero-order chi connectivity index (χ0) is 19.8. The van der Waals surface area contributed by atoms with Crippen molar-refractivity contribution in [2.24, 2.45) is 5.73 Å². The Morgan fingerprint density at radius 3 is 2.75 bits per heavy atom. The van der Waals surface area contributed by atoms with E-state index in [2.05, 4.69) is 20.5 Å². The molecule has 28 heavy (non-hydrogen) atoms. The Morgan fingerprint density at radius 1 is 1.18 bits per heavy atom. The van der Waals surface area contributed by atoms with E-state index in [0.29, 0.717) is 25.4 Å². The molecule has 0 unspecified atom stereocenters. The molecule has 3 rings (SSSR count). The van der Waals surface area contributed by atoms with Gasteiger partial charge >= 0.3 is 6.03 Å². The molecule has 1 saturated heterocycles. The third kappa shape index (κ3) is 5.61. The second-order valence-corrected chi connectivity index (χ2v) is 7.16. The van der Waals surface area contributed by atoms with Gasteiger partial charge in [-0.25, -0.2) is 9.78 Å². The fourth-order valence-electron chi connectivity index (χ4n) is 2.81. The fourth-order valence-corrected chi connectivity index (χ4v) is 3.56. The van der Waals surface area contributed by atoms with E-state index in [4.69, 9.17) is 10.5 Å². The highest BCUT2D eigenvalue weighted by atomic mass is 32.2. The van der Waals surface area contributed by atoms with Gasteiger partial charge in [0.1, 0.15) is 5.82 Å². The lowest BCUT2D eigenvalue weighted by Crippen LogP contribution is -2.38. The van der Waals surface area contributed by atoms with Crippen LogP contribution >= 0.6 is 11.8 Å². The van der Waals surface area contributed by atoms with Crippen LogP contribution in [0.25, 0.3) is 0 Å². The molecule has 1 aliphatic rings. The van der Waals surface area contributed by atoms with Crippen molar-refractivity contribution in [1.82, 2.24) is 10.3 Å². The van der Waals surface area contributed by atoms with Crippen LogP contribution in [-0.4, -0.2) is 49.0 Å². The molecule has 0 spiro atoms. The molecular weight excluding hydrogens is 378 g/mol. The molecule has 0 aliphatic carbocycles. The second kappa shape index (κ2) is 9.95. The summed E-state index contributed by atoms with van der Waals surface area (Å²) in [5, 5.41) is 5.70. The zero-order valence-corrected chi connectivity index (χ0v) is 16.2. The van der Waals surface area contributed by atoms with Gasteiger partial charge in [0.2, 0.25) is 5.91 Å². The number of para-hydroxylation sites is 1. The van der Waals surface area contributed by atoms with Crippen LogP contribution in [0.3, 0.4) is 0 Å². The number of nitrogens with one attached hydrogen (secondary N) is 2. The maximum absolute atomic E-state index is 12.4. The molecule has 9 heteroatoms. The first-order valence-corrected chi connectivity index (χ1v) is 9.93. The molecule has 1 fully saturated rings. The first-order valence-electron chi connectivity index (χ1n) is 8.95. The molecule has 3 amide bonds. The number of nitrogens with two attached hydrogens (primary N) is 1. The van der Waals surface area contributed by atoms with Gasteiger partial charge in [-0.15, -0.1) is 11.8 Å². The Kier molecular flexibility index (Phi) is 7.10. The number of benzene rings is 1. The zero-order valence-electron chi connectivity index (χ0n) is 15.4. The topological polar surface area (TPSA) is 110 Å². The predicted molar refractivity (Wildman–Crippen MR) is 109 cm³/mol. The smallest absolute Gasteiger partial charge is 0.319 e. The molecule has 2 heterocycles. The highest BCUT2D eigenvalue weighted by Gasteiger charge is 2.16. The molecule has 0 radical (unpaired) electrons. The highest BCUT2D eigenvalue weighted by Crippen LogP contribution is 2.26. The number of anilines is 2. The van der Waals surface area contributed by atoms with E-state index in [1.807, 2.05) is 30.3 Å². The van der Waals surface area contributed by atoms with Crippen LogP contribution in [0.1, 0.15) is 5.56 Å². The SMILES string of the molecule is NC(=O)CSc1ccccc1NC(=O)NCc1cccnc1N1CCOCC1. The maximum Gasteiger partial charge on any atom is 0.319 e. The summed E-state index contributed by atoms with van der Waals surface area (Å²) >= 11 is 1.29. The Balaban J connectivity index is 1.60. The maximum atomic E-state index is 12.4. The normalized spacial score (nSPS) is 13.8. The van der Waals surface area contributed by atoms with E-state index >= 15 is 0 Å². The lowest BCUT2D eigenvalue weighted by atomic mass is 10.2. The van der Waals surface area contributed by atoms with Gasteiger partial charge < -0.3 is 26.0 Å². The summed E-state index contributed by atoms with van der Waals surface area (Å²) in [5.41, 5.74) is 6.77. The van der Waals surface area contributed by atoms with Crippen molar-refractivity contribution in [2.75, 3.05) is 42.3 Å². The molecule has 148 valence electrons. The second-order valence-electron chi connectivity index (χ2n) is 6.14. The van der Waals surface area contributed by atoms with Crippen molar-refractivity contribution in [3.63, 3.8) is 0 Å². The van der Waals surface area contributed by atoms with Crippen molar-refractivity contribution in [3.8, 4) is 0 Å². The average Bonchev–Trinajstić information content (AvgIpc) is 2.72. The van der Waals surface area contributed by atoms with Crippen LogP contribution < -0.4 is 21.3 Å². The Bertz CT molecular complexity index is 827. The molecule has 1 aromatic carbocycles. The van der Waals surface area contributed by atoms with Gasteiger partial charge in [0.05, 0.1) is 24.7 Å². The van der Waals surface area contributed by atoms with Gasteiger partial charge in [0, 0.05) is 36.3 Å². The van der Waals surface area contributed by atoms with Crippen molar-refractivity contribution in [1.29, 1.82) is 0 Å². The Hall–Kier alpha value is -2.78. The predicted octanol–water partition coefficient (Wildman–Crippen LogP) is 1.82. The number of hydrogen-bond acceptors (Lipinski definition) is 6. The van der Waals surface area contributed by atoms with Crippen LogP contribution in [0.5, 0.6) is 0 Å². The number of primary amides is 1. The molecule has 2 aromatic rings. The summed E-state index contributed by atoms with van der Waals surface area (Å²) in [4.78, 5) is 30.8. The molecule has 8 nitrogen and oxygen atoms in total. The van der Waals surface area contributed by atoms with E-state index in [9.17, 15) is 9.59 Å². The summed E-state index contributed by atoms with van der Waals surface area (Å²) in [6.45, 7) is 3.25. The average molecular weight is 401 g/mol. The number of thioether (sulfide) groups is 1. The third-order valence-corrected chi connectivity index (χ3v) is 5.22. The fraction of sp³-hybridized carbons (Fsp3) is 0.316. The number of carbonyl (C=O) groups excluding carboxylic acids is 2. The summed E-state index contributed by atoms with van der Waals surface area (Å²) in [7, 11) is 0. The molecule has 1 aliphatic heterocycles. The van der Waals surface area contributed by atoms with Crippen LogP contribution in [-0.2, 0) is 16.1 Å². The lowest BCUT2D eigenvalue weighted by molar-refractivity contribution is -0.115. The van der Waals surface area contributed by atoms with Gasteiger partial charge in [-0.1, -0.05) is 18.2 Å². The van der Waals surface area contributed by atoms with E-state index in [1.165, 1.54) is 11.8 Å². The number of morpholine rings is 1. The molecular formula is C19H23N5O3S. The van der Waals surface area contributed by atoms with Crippen LogP contribution in [0, 0.1) is 0 Å². The number of aromatic nitrogens is 1. The minimum absolute atomic E-state index is 0.152. The number of hydrogen-bond donors (Lipinski definition) is 3. The van der Waals surface area contributed by atoms with Crippen molar-refractivity contribution in [3.05, 3.63) is 48.2 Å². The molecule has 0 saturated carbocycles. The minimum Gasteiger partial charge on any atom is -0.378 e. The van der Waals surface area contributed by atoms with Gasteiger partial charge in [-0.05, 0) is 18.2 Å². The number of ether oxygens (including phenoxy) is 1.